The molecule has 27 heavy (non-hydrogen) atoms. The number of hydrogen-bond donors (Lipinski definition) is 4. The maximum Gasteiger partial charge on any atom is 0.326 e. The summed E-state index contributed by atoms with van der Waals surface area (Å²) in [7, 11) is 0. The smallest absolute Gasteiger partial charge is 0.326 e. The van der Waals surface area contributed by atoms with Crippen LogP contribution >= 0.6 is 0 Å². The molecule has 9 heteroatoms. The predicted molar refractivity (Wildman–Crippen MR) is 94.7 cm³/mol. The Morgan fingerprint density at radius 3 is 2.44 bits per heavy atom. The van der Waals surface area contributed by atoms with Gasteiger partial charge in [0.2, 0.25) is 11.8 Å². The second-order valence-electron chi connectivity index (χ2n) is 6.48. The van der Waals surface area contributed by atoms with Crippen LogP contribution in [0.3, 0.4) is 0 Å². The first-order valence-electron chi connectivity index (χ1n) is 8.64. The summed E-state index contributed by atoms with van der Waals surface area (Å²) < 4.78 is 0. The Morgan fingerprint density at radius 1 is 1.19 bits per heavy atom. The molecule has 1 aromatic rings. The number of carboxylic acids is 2. The van der Waals surface area contributed by atoms with Crippen molar-refractivity contribution >= 4 is 23.8 Å². The molecule has 9 nitrogen and oxygen atoms in total. The number of rotatable bonds is 8. The van der Waals surface area contributed by atoms with E-state index in [2.05, 4.69) is 5.32 Å². The van der Waals surface area contributed by atoms with E-state index in [-0.39, 0.29) is 13.0 Å². The van der Waals surface area contributed by atoms with E-state index in [4.69, 9.17) is 10.8 Å². The third kappa shape index (κ3) is 5.52. The molecule has 0 saturated carbocycles. The predicted octanol–water partition coefficient (Wildman–Crippen LogP) is -0.408. The normalized spacial score (nSPS) is 18.6. The van der Waals surface area contributed by atoms with Crippen molar-refractivity contribution in [1.29, 1.82) is 0 Å². The molecule has 2 rings (SSSR count). The van der Waals surface area contributed by atoms with Gasteiger partial charge >= 0.3 is 11.9 Å². The molecule has 3 unspecified atom stereocenters. The third-order valence-corrected chi connectivity index (χ3v) is 4.45. The molecule has 2 amide bonds. The highest BCUT2D eigenvalue weighted by molar-refractivity contribution is 5.93. The Balaban J connectivity index is 2.04. The molecule has 0 radical (unpaired) electrons. The highest BCUT2D eigenvalue weighted by atomic mass is 16.4. The quantitative estimate of drug-likeness (QED) is 0.481. The van der Waals surface area contributed by atoms with Crippen molar-refractivity contribution in [2.75, 3.05) is 6.54 Å². The zero-order valence-electron chi connectivity index (χ0n) is 14.7. The van der Waals surface area contributed by atoms with E-state index in [1.165, 1.54) is 4.90 Å². The summed E-state index contributed by atoms with van der Waals surface area (Å²) in [6.45, 7) is 0.278. The van der Waals surface area contributed by atoms with Crippen molar-refractivity contribution in [2.24, 2.45) is 5.73 Å². The maximum absolute atomic E-state index is 12.6. The van der Waals surface area contributed by atoms with Crippen LogP contribution in [0.4, 0.5) is 0 Å². The number of aliphatic carboxylic acids is 2. The minimum absolute atomic E-state index is 0.112. The SMILES string of the molecule is NC(CC(=O)O)C(=O)N1CCCC1C(=O)NC(Cc1ccccc1)C(=O)O. The average Bonchev–Trinajstić information content (AvgIpc) is 3.10. The van der Waals surface area contributed by atoms with E-state index < -0.39 is 48.3 Å². The van der Waals surface area contributed by atoms with E-state index in [0.29, 0.717) is 12.8 Å². The number of nitrogens with two attached hydrogens (primary N) is 1. The summed E-state index contributed by atoms with van der Waals surface area (Å²) in [6, 6.07) is 5.65. The Labute approximate surface area is 156 Å². The van der Waals surface area contributed by atoms with E-state index >= 15 is 0 Å². The number of likely N-dealkylation sites (tertiary alicyclic amines) is 1. The lowest BCUT2D eigenvalue weighted by Gasteiger charge is -2.27. The molecule has 3 atom stereocenters. The summed E-state index contributed by atoms with van der Waals surface area (Å²) >= 11 is 0. The van der Waals surface area contributed by atoms with Crippen molar-refractivity contribution < 1.29 is 29.4 Å². The van der Waals surface area contributed by atoms with Crippen LogP contribution in [0.15, 0.2) is 30.3 Å². The zero-order chi connectivity index (χ0) is 20.0. The fourth-order valence-corrected chi connectivity index (χ4v) is 3.11. The number of amides is 2. The molecule has 0 bridgehead atoms. The van der Waals surface area contributed by atoms with E-state index in [0.717, 1.165) is 5.56 Å². The number of hydrogen-bond acceptors (Lipinski definition) is 5. The molecular weight excluding hydrogens is 354 g/mol. The van der Waals surface area contributed by atoms with Gasteiger partial charge in [-0.1, -0.05) is 30.3 Å². The van der Waals surface area contributed by atoms with Gasteiger partial charge in [0.05, 0.1) is 12.5 Å². The molecule has 0 aliphatic carbocycles. The van der Waals surface area contributed by atoms with Gasteiger partial charge in [-0.2, -0.15) is 0 Å². The van der Waals surface area contributed by atoms with Crippen molar-refractivity contribution in [2.45, 2.75) is 43.8 Å². The molecule has 1 heterocycles. The highest BCUT2D eigenvalue weighted by Gasteiger charge is 2.37. The number of carbonyl (C=O) groups is 4. The Kier molecular flexibility index (Phi) is 6.89. The molecule has 1 fully saturated rings. The van der Waals surface area contributed by atoms with Gasteiger partial charge in [0.1, 0.15) is 12.1 Å². The van der Waals surface area contributed by atoms with Crippen LogP contribution < -0.4 is 11.1 Å². The lowest BCUT2D eigenvalue weighted by atomic mass is 10.1. The molecule has 5 N–H and O–H groups in total. The first-order chi connectivity index (χ1) is 12.8. The topological polar surface area (TPSA) is 150 Å². The van der Waals surface area contributed by atoms with Crippen molar-refractivity contribution in [3.63, 3.8) is 0 Å². The van der Waals surface area contributed by atoms with E-state index in [1.807, 2.05) is 0 Å². The van der Waals surface area contributed by atoms with Crippen LogP contribution in [0.2, 0.25) is 0 Å². The van der Waals surface area contributed by atoms with Crippen molar-refractivity contribution in [1.82, 2.24) is 10.2 Å². The van der Waals surface area contributed by atoms with Gasteiger partial charge in [-0.25, -0.2) is 4.79 Å². The standard InChI is InChI=1S/C18H23N3O6/c19-12(10-15(22)23)17(25)21-8-4-7-14(21)16(24)20-13(18(26)27)9-11-5-2-1-3-6-11/h1-3,5-6,12-14H,4,7-10,19H2,(H,20,24)(H,22,23)(H,26,27). The molecule has 1 aliphatic rings. The first kappa shape index (κ1) is 20.4. The number of carbonyl (C=O) groups excluding carboxylic acids is 2. The van der Waals surface area contributed by atoms with Crippen molar-refractivity contribution in [3.05, 3.63) is 35.9 Å². The fourth-order valence-electron chi connectivity index (χ4n) is 3.11. The fraction of sp³-hybridized carbons (Fsp3) is 0.444. The van der Waals surface area contributed by atoms with Gasteiger partial charge in [0.25, 0.3) is 0 Å². The average molecular weight is 377 g/mol. The summed E-state index contributed by atoms with van der Waals surface area (Å²) in [5, 5.41) is 20.7. The summed E-state index contributed by atoms with van der Waals surface area (Å²) in [4.78, 5) is 48.4. The van der Waals surface area contributed by atoms with Crippen LogP contribution in [-0.4, -0.2) is 63.5 Å². The number of nitrogens with zero attached hydrogens (tertiary/aromatic N) is 1. The Bertz CT molecular complexity index is 708. The van der Waals surface area contributed by atoms with Gasteiger partial charge < -0.3 is 26.2 Å². The lowest BCUT2D eigenvalue weighted by molar-refractivity contribution is -0.145. The van der Waals surface area contributed by atoms with Crippen LogP contribution in [0.25, 0.3) is 0 Å². The molecule has 0 aromatic heterocycles. The summed E-state index contributed by atoms with van der Waals surface area (Å²) in [5.74, 6) is -3.58. The largest absolute Gasteiger partial charge is 0.481 e. The minimum Gasteiger partial charge on any atom is -0.481 e. The summed E-state index contributed by atoms with van der Waals surface area (Å²) in [6.07, 6.45) is 0.506. The minimum atomic E-state index is -1.24. The zero-order valence-corrected chi connectivity index (χ0v) is 14.7. The number of carboxylic acid groups (broad SMARTS) is 2. The maximum atomic E-state index is 12.6. The van der Waals surface area contributed by atoms with Crippen LogP contribution in [0, 0.1) is 0 Å². The van der Waals surface area contributed by atoms with Crippen LogP contribution in [0.5, 0.6) is 0 Å². The molecule has 1 aromatic carbocycles. The van der Waals surface area contributed by atoms with Gasteiger partial charge in [-0.3, -0.25) is 14.4 Å². The Morgan fingerprint density at radius 2 is 1.85 bits per heavy atom. The number of benzene rings is 1. The van der Waals surface area contributed by atoms with Gasteiger partial charge in [-0.05, 0) is 18.4 Å². The van der Waals surface area contributed by atoms with Crippen molar-refractivity contribution in [3.8, 4) is 0 Å². The second kappa shape index (κ2) is 9.13. The summed E-state index contributed by atoms with van der Waals surface area (Å²) in [5.41, 5.74) is 6.37. The molecule has 0 spiro atoms. The monoisotopic (exact) mass is 377 g/mol. The molecule has 1 aliphatic heterocycles. The molecular formula is C18H23N3O6. The van der Waals surface area contributed by atoms with Crippen LogP contribution in [-0.2, 0) is 25.6 Å². The number of nitrogens with one attached hydrogen (secondary N) is 1. The second-order valence-corrected chi connectivity index (χ2v) is 6.48. The highest BCUT2D eigenvalue weighted by Crippen LogP contribution is 2.19. The lowest BCUT2D eigenvalue weighted by Crippen LogP contribution is -2.54. The van der Waals surface area contributed by atoms with E-state index in [9.17, 15) is 24.3 Å². The van der Waals surface area contributed by atoms with Crippen LogP contribution in [0.1, 0.15) is 24.8 Å². The third-order valence-electron chi connectivity index (χ3n) is 4.45. The first-order valence-corrected chi connectivity index (χ1v) is 8.64. The van der Waals surface area contributed by atoms with Gasteiger partial charge in [0.15, 0.2) is 0 Å². The Hall–Kier alpha value is -2.94. The van der Waals surface area contributed by atoms with Gasteiger partial charge in [0, 0.05) is 13.0 Å². The van der Waals surface area contributed by atoms with E-state index in [1.54, 1.807) is 30.3 Å². The molecule has 1 saturated heterocycles. The molecule has 146 valence electrons. The van der Waals surface area contributed by atoms with Gasteiger partial charge in [-0.15, -0.1) is 0 Å².